The first-order valence-electron chi connectivity index (χ1n) is 7.07. The second-order valence-electron chi connectivity index (χ2n) is 5.25. The Morgan fingerprint density at radius 3 is 2.75 bits per heavy atom. The maximum absolute atomic E-state index is 12.8. The van der Waals surface area contributed by atoms with Crippen LogP contribution in [0.2, 0.25) is 0 Å². The number of nitrogens with zero attached hydrogens (tertiary/aromatic N) is 1. The third kappa shape index (κ3) is 2.91. The van der Waals surface area contributed by atoms with Crippen LogP contribution in [0, 0.1) is 0 Å². The molecule has 0 saturated carbocycles. The van der Waals surface area contributed by atoms with E-state index in [1.807, 2.05) is 6.92 Å². The van der Waals surface area contributed by atoms with Gasteiger partial charge in [0.2, 0.25) is 10.0 Å². The fraction of sp³-hybridized carbons (Fsp3) is 0.571. The van der Waals surface area contributed by atoms with Crippen LogP contribution in [0.3, 0.4) is 0 Å². The van der Waals surface area contributed by atoms with E-state index >= 15 is 0 Å². The largest absolute Gasteiger partial charge is 0.506 e. The molecule has 1 atom stereocenters. The summed E-state index contributed by atoms with van der Waals surface area (Å²) in [6, 6.07) is 4.14. The predicted molar refractivity (Wildman–Crippen MR) is 79.0 cm³/mol. The topological polar surface area (TPSA) is 83.6 Å². The van der Waals surface area contributed by atoms with Gasteiger partial charge in [-0.15, -0.1) is 0 Å². The van der Waals surface area contributed by atoms with Crippen LogP contribution in [-0.2, 0) is 10.0 Å². The summed E-state index contributed by atoms with van der Waals surface area (Å²) in [6.45, 7) is 2.57. The molecule has 0 amide bonds. The second kappa shape index (κ2) is 6.01. The molecule has 0 bridgehead atoms. The Morgan fingerprint density at radius 1 is 1.35 bits per heavy atom. The van der Waals surface area contributed by atoms with Crippen LogP contribution in [0.25, 0.3) is 0 Å². The Balaban J connectivity index is 2.38. The van der Waals surface area contributed by atoms with Crippen LogP contribution in [0.4, 0.5) is 5.69 Å². The Labute approximate surface area is 120 Å². The van der Waals surface area contributed by atoms with Crippen molar-refractivity contribution in [1.29, 1.82) is 0 Å². The van der Waals surface area contributed by atoms with Gasteiger partial charge < -0.3 is 10.8 Å². The number of nitrogens with two attached hydrogens (primary N) is 1. The highest BCUT2D eigenvalue weighted by molar-refractivity contribution is 7.89. The van der Waals surface area contributed by atoms with Crippen molar-refractivity contribution in [1.82, 2.24) is 4.31 Å². The van der Waals surface area contributed by atoms with E-state index in [0.29, 0.717) is 6.54 Å². The first kappa shape index (κ1) is 15.1. The number of sulfonamides is 1. The lowest BCUT2D eigenvalue weighted by Gasteiger charge is -2.28. The minimum Gasteiger partial charge on any atom is -0.506 e. The van der Waals surface area contributed by atoms with E-state index in [2.05, 4.69) is 0 Å². The minimum absolute atomic E-state index is 0.0533. The molecule has 1 aromatic rings. The molecule has 1 aromatic carbocycles. The average molecular weight is 298 g/mol. The summed E-state index contributed by atoms with van der Waals surface area (Å²) in [5.74, 6) is -0.0909. The van der Waals surface area contributed by atoms with Crippen molar-refractivity contribution in [2.45, 2.75) is 50.0 Å². The van der Waals surface area contributed by atoms with Gasteiger partial charge in [-0.05, 0) is 37.5 Å². The van der Waals surface area contributed by atoms with Gasteiger partial charge in [-0.3, -0.25) is 0 Å². The molecule has 5 nitrogen and oxygen atoms in total. The van der Waals surface area contributed by atoms with E-state index < -0.39 is 10.0 Å². The number of anilines is 1. The van der Waals surface area contributed by atoms with Crippen molar-refractivity contribution in [2.75, 3.05) is 12.3 Å². The lowest BCUT2D eigenvalue weighted by molar-refractivity contribution is 0.315. The molecule has 112 valence electrons. The number of hydrogen-bond acceptors (Lipinski definition) is 4. The SMILES string of the molecule is CCC1CCCCCN1S(=O)(=O)c1ccc(O)c(N)c1. The van der Waals surface area contributed by atoms with E-state index in [1.165, 1.54) is 18.2 Å². The van der Waals surface area contributed by atoms with Crippen molar-refractivity contribution in [3.8, 4) is 5.75 Å². The summed E-state index contributed by atoms with van der Waals surface area (Å²) in [5, 5.41) is 9.43. The lowest BCUT2D eigenvalue weighted by Crippen LogP contribution is -2.39. The van der Waals surface area contributed by atoms with Gasteiger partial charge in [0.25, 0.3) is 0 Å². The number of rotatable bonds is 3. The number of nitrogen functional groups attached to an aromatic ring is 1. The monoisotopic (exact) mass is 298 g/mol. The van der Waals surface area contributed by atoms with Crippen LogP contribution >= 0.6 is 0 Å². The Kier molecular flexibility index (Phi) is 4.55. The Bertz CT molecular complexity index is 572. The molecule has 1 fully saturated rings. The van der Waals surface area contributed by atoms with E-state index in [-0.39, 0.29) is 22.4 Å². The molecular formula is C14H22N2O3S. The zero-order chi connectivity index (χ0) is 14.8. The van der Waals surface area contributed by atoms with Gasteiger partial charge in [-0.1, -0.05) is 19.8 Å². The molecule has 1 saturated heterocycles. The van der Waals surface area contributed by atoms with Gasteiger partial charge in [0.15, 0.2) is 0 Å². The number of phenols is 1. The zero-order valence-electron chi connectivity index (χ0n) is 11.7. The zero-order valence-corrected chi connectivity index (χ0v) is 12.6. The van der Waals surface area contributed by atoms with Crippen molar-refractivity contribution < 1.29 is 13.5 Å². The van der Waals surface area contributed by atoms with Crippen LogP contribution in [0.15, 0.2) is 23.1 Å². The van der Waals surface area contributed by atoms with Gasteiger partial charge >= 0.3 is 0 Å². The molecule has 1 aliphatic heterocycles. The van der Waals surface area contributed by atoms with E-state index in [9.17, 15) is 13.5 Å². The highest BCUT2D eigenvalue weighted by Gasteiger charge is 2.31. The molecule has 0 radical (unpaired) electrons. The first-order chi connectivity index (χ1) is 9.46. The summed E-state index contributed by atoms with van der Waals surface area (Å²) in [5.41, 5.74) is 5.70. The quantitative estimate of drug-likeness (QED) is 0.662. The molecule has 1 unspecified atom stereocenters. The third-order valence-electron chi connectivity index (χ3n) is 3.90. The van der Waals surface area contributed by atoms with Crippen molar-refractivity contribution in [3.05, 3.63) is 18.2 Å². The number of aromatic hydroxyl groups is 1. The summed E-state index contributed by atoms with van der Waals surface area (Å²) >= 11 is 0. The maximum Gasteiger partial charge on any atom is 0.243 e. The van der Waals surface area contributed by atoms with Crippen molar-refractivity contribution in [3.63, 3.8) is 0 Å². The number of hydrogen-bond donors (Lipinski definition) is 2. The highest BCUT2D eigenvalue weighted by Crippen LogP contribution is 2.29. The van der Waals surface area contributed by atoms with Gasteiger partial charge in [0.1, 0.15) is 5.75 Å². The van der Waals surface area contributed by atoms with Crippen LogP contribution in [-0.4, -0.2) is 30.4 Å². The molecule has 0 spiro atoms. The Morgan fingerprint density at radius 2 is 2.10 bits per heavy atom. The van der Waals surface area contributed by atoms with E-state index in [0.717, 1.165) is 32.1 Å². The van der Waals surface area contributed by atoms with Crippen molar-refractivity contribution in [2.24, 2.45) is 0 Å². The molecule has 6 heteroatoms. The van der Waals surface area contributed by atoms with Gasteiger partial charge in [0, 0.05) is 12.6 Å². The maximum atomic E-state index is 12.8. The molecule has 0 aliphatic carbocycles. The van der Waals surface area contributed by atoms with Crippen molar-refractivity contribution >= 4 is 15.7 Å². The molecule has 0 aromatic heterocycles. The Hall–Kier alpha value is -1.27. The van der Waals surface area contributed by atoms with Gasteiger partial charge in [-0.25, -0.2) is 8.42 Å². The van der Waals surface area contributed by atoms with Crippen LogP contribution in [0.1, 0.15) is 39.0 Å². The molecule has 1 aliphatic rings. The normalized spacial score (nSPS) is 21.6. The fourth-order valence-corrected chi connectivity index (χ4v) is 4.51. The van der Waals surface area contributed by atoms with E-state index in [1.54, 1.807) is 4.31 Å². The predicted octanol–water partition coefficient (Wildman–Crippen LogP) is 2.32. The van der Waals surface area contributed by atoms with Crippen LogP contribution in [0.5, 0.6) is 5.75 Å². The molecular weight excluding hydrogens is 276 g/mol. The average Bonchev–Trinajstić information content (AvgIpc) is 2.67. The standard InChI is InChI=1S/C14H22N2O3S/c1-2-11-6-4-3-5-9-16(11)20(18,19)12-7-8-14(17)13(15)10-12/h7-8,10-11,17H,2-6,9,15H2,1H3. The molecule has 2 rings (SSSR count). The molecule has 3 N–H and O–H groups in total. The molecule has 1 heterocycles. The van der Waals surface area contributed by atoms with Crippen LogP contribution < -0.4 is 5.73 Å². The summed E-state index contributed by atoms with van der Waals surface area (Å²) in [7, 11) is -3.54. The second-order valence-corrected chi connectivity index (χ2v) is 7.14. The third-order valence-corrected chi connectivity index (χ3v) is 5.85. The summed E-state index contributed by atoms with van der Waals surface area (Å²) in [4.78, 5) is 0.160. The lowest BCUT2D eigenvalue weighted by atomic mass is 10.1. The fourth-order valence-electron chi connectivity index (χ4n) is 2.70. The molecule has 20 heavy (non-hydrogen) atoms. The number of benzene rings is 1. The van der Waals surface area contributed by atoms with Gasteiger partial charge in [-0.2, -0.15) is 4.31 Å². The van der Waals surface area contributed by atoms with E-state index in [4.69, 9.17) is 5.73 Å². The summed E-state index contributed by atoms with van der Waals surface area (Å²) in [6.07, 6.45) is 4.75. The summed E-state index contributed by atoms with van der Waals surface area (Å²) < 4.78 is 27.1. The number of phenolic OH excluding ortho intramolecular Hbond substituents is 1. The first-order valence-corrected chi connectivity index (χ1v) is 8.51. The smallest absolute Gasteiger partial charge is 0.243 e. The van der Waals surface area contributed by atoms with Gasteiger partial charge in [0.05, 0.1) is 10.6 Å². The highest BCUT2D eigenvalue weighted by atomic mass is 32.2. The minimum atomic E-state index is -3.54.